The van der Waals surface area contributed by atoms with Crippen molar-refractivity contribution in [3.8, 4) is 0 Å². The van der Waals surface area contributed by atoms with Gasteiger partial charge >= 0.3 is 0 Å². The van der Waals surface area contributed by atoms with Gasteiger partial charge in [-0.15, -0.1) is 0 Å². The molecular formula is C21H28FN3O2. The molecule has 1 aliphatic carbocycles. The Morgan fingerprint density at radius 3 is 2.78 bits per heavy atom. The summed E-state index contributed by atoms with van der Waals surface area (Å²) >= 11 is 0. The number of carbonyl (C=O) groups is 1. The summed E-state index contributed by atoms with van der Waals surface area (Å²) in [7, 11) is 0. The fraction of sp³-hybridized carbons (Fsp3) is 0.571. The summed E-state index contributed by atoms with van der Waals surface area (Å²) in [6.45, 7) is 8.03. The van der Waals surface area contributed by atoms with E-state index in [4.69, 9.17) is 4.74 Å². The molecule has 4 rings (SSSR count). The zero-order valence-corrected chi connectivity index (χ0v) is 16.0. The van der Waals surface area contributed by atoms with Gasteiger partial charge in [-0.05, 0) is 49.4 Å². The standard InChI is InChI=1S/C21H28FN3O2/c1-15-18(13-21(26)23-14-16-2-3-16)19-12-17(22)4-5-20(19)25(15)7-6-24-8-10-27-11-9-24/h4-5,12,16H,2-3,6-11,13-14H2,1H3,(H,23,26). The molecular weight excluding hydrogens is 345 g/mol. The summed E-state index contributed by atoms with van der Waals surface area (Å²) in [4.78, 5) is 14.8. The predicted octanol–water partition coefficient (Wildman–Crippen LogP) is 2.49. The van der Waals surface area contributed by atoms with Crippen LogP contribution >= 0.6 is 0 Å². The van der Waals surface area contributed by atoms with E-state index in [1.165, 1.54) is 18.9 Å². The Morgan fingerprint density at radius 1 is 1.26 bits per heavy atom. The molecule has 1 N–H and O–H groups in total. The van der Waals surface area contributed by atoms with Crippen LogP contribution in [-0.2, 0) is 22.5 Å². The number of benzene rings is 1. The monoisotopic (exact) mass is 373 g/mol. The second kappa shape index (κ2) is 7.98. The highest BCUT2D eigenvalue weighted by molar-refractivity contribution is 5.90. The van der Waals surface area contributed by atoms with Crippen molar-refractivity contribution < 1.29 is 13.9 Å². The maximum Gasteiger partial charge on any atom is 0.224 e. The molecule has 2 aliphatic rings. The number of hydrogen-bond acceptors (Lipinski definition) is 3. The highest BCUT2D eigenvalue weighted by atomic mass is 19.1. The van der Waals surface area contributed by atoms with Crippen molar-refractivity contribution in [3.05, 3.63) is 35.3 Å². The summed E-state index contributed by atoms with van der Waals surface area (Å²) in [6, 6.07) is 4.91. The SMILES string of the molecule is Cc1c(CC(=O)NCC2CC2)c2cc(F)ccc2n1CCN1CCOCC1. The lowest BCUT2D eigenvalue weighted by atomic mass is 10.1. The molecule has 2 fully saturated rings. The van der Waals surface area contributed by atoms with Gasteiger partial charge in [-0.25, -0.2) is 4.39 Å². The Labute approximate surface area is 159 Å². The lowest BCUT2D eigenvalue weighted by molar-refractivity contribution is -0.120. The first-order valence-corrected chi connectivity index (χ1v) is 9.96. The van der Waals surface area contributed by atoms with Gasteiger partial charge in [0.15, 0.2) is 0 Å². The number of halogens is 1. The Kier molecular flexibility index (Phi) is 5.45. The number of carbonyl (C=O) groups excluding carboxylic acids is 1. The van der Waals surface area contributed by atoms with Gasteiger partial charge in [0, 0.05) is 49.3 Å². The molecule has 0 spiro atoms. The zero-order chi connectivity index (χ0) is 18.8. The van der Waals surface area contributed by atoms with E-state index in [-0.39, 0.29) is 11.7 Å². The minimum Gasteiger partial charge on any atom is -0.379 e. The third-order valence-electron chi connectivity index (χ3n) is 5.78. The Hall–Kier alpha value is -1.92. The molecule has 5 nitrogen and oxygen atoms in total. The van der Waals surface area contributed by atoms with Crippen LogP contribution in [-0.4, -0.2) is 54.8 Å². The fourth-order valence-corrected chi connectivity index (χ4v) is 3.90. The molecule has 0 bridgehead atoms. The van der Waals surface area contributed by atoms with Gasteiger partial charge in [-0.2, -0.15) is 0 Å². The maximum atomic E-state index is 13.9. The second-order valence-electron chi connectivity index (χ2n) is 7.76. The van der Waals surface area contributed by atoms with E-state index in [0.29, 0.717) is 12.3 Å². The van der Waals surface area contributed by atoms with Gasteiger partial charge in [0.05, 0.1) is 19.6 Å². The number of hydrogen-bond donors (Lipinski definition) is 1. The highest BCUT2D eigenvalue weighted by Crippen LogP contribution is 2.29. The number of morpholine rings is 1. The van der Waals surface area contributed by atoms with Crippen molar-refractivity contribution in [2.75, 3.05) is 39.4 Å². The van der Waals surface area contributed by atoms with Crippen LogP contribution in [0.4, 0.5) is 4.39 Å². The molecule has 1 aromatic carbocycles. The minimum atomic E-state index is -0.257. The first kappa shape index (κ1) is 18.4. The van der Waals surface area contributed by atoms with E-state index in [9.17, 15) is 9.18 Å². The van der Waals surface area contributed by atoms with Crippen LogP contribution in [0, 0.1) is 18.7 Å². The third-order valence-corrected chi connectivity index (χ3v) is 5.78. The summed E-state index contributed by atoms with van der Waals surface area (Å²) in [5.74, 6) is 0.427. The van der Waals surface area contributed by atoms with E-state index in [2.05, 4.69) is 14.8 Å². The first-order valence-electron chi connectivity index (χ1n) is 9.96. The van der Waals surface area contributed by atoms with Crippen LogP contribution in [0.25, 0.3) is 10.9 Å². The molecule has 1 saturated heterocycles. The van der Waals surface area contributed by atoms with Crippen molar-refractivity contribution in [2.24, 2.45) is 5.92 Å². The summed E-state index contributed by atoms with van der Waals surface area (Å²) in [6.07, 6.45) is 2.74. The smallest absolute Gasteiger partial charge is 0.224 e. The summed E-state index contributed by atoms with van der Waals surface area (Å²) in [5, 5.41) is 3.89. The van der Waals surface area contributed by atoms with Gasteiger partial charge in [0.25, 0.3) is 0 Å². The van der Waals surface area contributed by atoms with E-state index in [0.717, 1.165) is 68.1 Å². The topological polar surface area (TPSA) is 46.5 Å². The molecule has 146 valence electrons. The number of nitrogens with one attached hydrogen (secondary N) is 1. The summed E-state index contributed by atoms with van der Waals surface area (Å²) in [5.41, 5.74) is 3.01. The van der Waals surface area contributed by atoms with Crippen LogP contribution in [0.1, 0.15) is 24.1 Å². The predicted molar refractivity (Wildman–Crippen MR) is 103 cm³/mol. The zero-order valence-electron chi connectivity index (χ0n) is 16.0. The van der Waals surface area contributed by atoms with Crippen LogP contribution in [0.15, 0.2) is 18.2 Å². The van der Waals surface area contributed by atoms with Gasteiger partial charge in [0.2, 0.25) is 5.91 Å². The molecule has 0 radical (unpaired) electrons. The van der Waals surface area contributed by atoms with E-state index >= 15 is 0 Å². The molecule has 0 atom stereocenters. The minimum absolute atomic E-state index is 0.0292. The van der Waals surface area contributed by atoms with Crippen molar-refractivity contribution in [2.45, 2.75) is 32.7 Å². The molecule has 2 aromatic rings. The van der Waals surface area contributed by atoms with Gasteiger partial charge in [-0.3, -0.25) is 9.69 Å². The lowest BCUT2D eigenvalue weighted by Crippen LogP contribution is -2.38. The van der Waals surface area contributed by atoms with Crippen molar-refractivity contribution in [1.29, 1.82) is 0 Å². The molecule has 27 heavy (non-hydrogen) atoms. The number of ether oxygens (including phenoxy) is 1. The Balaban J connectivity index is 1.54. The van der Waals surface area contributed by atoms with Gasteiger partial charge in [-0.1, -0.05) is 0 Å². The van der Waals surface area contributed by atoms with E-state index in [1.807, 2.05) is 13.0 Å². The molecule has 0 unspecified atom stereocenters. The van der Waals surface area contributed by atoms with Crippen molar-refractivity contribution >= 4 is 16.8 Å². The second-order valence-corrected chi connectivity index (χ2v) is 7.76. The fourth-order valence-electron chi connectivity index (χ4n) is 3.90. The molecule has 1 amide bonds. The van der Waals surface area contributed by atoms with Crippen LogP contribution in [0.2, 0.25) is 0 Å². The van der Waals surface area contributed by atoms with Crippen molar-refractivity contribution in [1.82, 2.24) is 14.8 Å². The first-order chi connectivity index (χ1) is 13.1. The Morgan fingerprint density at radius 2 is 2.04 bits per heavy atom. The summed E-state index contributed by atoms with van der Waals surface area (Å²) < 4.78 is 21.5. The third kappa shape index (κ3) is 4.33. The number of fused-ring (bicyclic) bond motifs is 1. The highest BCUT2D eigenvalue weighted by Gasteiger charge is 2.23. The molecule has 2 heterocycles. The van der Waals surface area contributed by atoms with E-state index in [1.54, 1.807) is 6.07 Å². The molecule has 1 aliphatic heterocycles. The number of nitrogens with zero attached hydrogens (tertiary/aromatic N) is 2. The van der Waals surface area contributed by atoms with Gasteiger partial charge < -0.3 is 14.6 Å². The number of rotatable bonds is 7. The normalized spacial score (nSPS) is 18.1. The Bertz CT molecular complexity index is 822. The number of aromatic nitrogens is 1. The van der Waals surface area contributed by atoms with Crippen molar-refractivity contribution in [3.63, 3.8) is 0 Å². The average Bonchev–Trinajstić information content (AvgIpc) is 3.47. The van der Waals surface area contributed by atoms with Crippen LogP contribution in [0.5, 0.6) is 0 Å². The molecule has 1 saturated carbocycles. The largest absolute Gasteiger partial charge is 0.379 e. The van der Waals surface area contributed by atoms with Crippen LogP contribution < -0.4 is 5.32 Å². The van der Waals surface area contributed by atoms with Crippen LogP contribution in [0.3, 0.4) is 0 Å². The average molecular weight is 373 g/mol. The maximum absolute atomic E-state index is 13.9. The van der Waals surface area contributed by atoms with E-state index < -0.39 is 0 Å². The quantitative estimate of drug-likeness (QED) is 0.811. The molecule has 6 heteroatoms. The molecule has 1 aromatic heterocycles. The lowest BCUT2D eigenvalue weighted by Gasteiger charge is -2.27. The van der Waals surface area contributed by atoms with Gasteiger partial charge in [0.1, 0.15) is 5.82 Å². The number of amides is 1.